The van der Waals surface area contributed by atoms with Crippen molar-refractivity contribution in [3.63, 3.8) is 0 Å². The third-order valence-electron chi connectivity index (χ3n) is 2.70. The molecule has 13 heavy (non-hydrogen) atoms. The van der Waals surface area contributed by atoms with Gasteiger partial charge in [-0.15, -0.1) is 11.3 Å². The Hall–Kier alpha value is -0.380. The lowest BCUT2D eigenvalue weighted by molar-refractivity contribution is 0.236. The van der Waals surface area contributed by atoms with E-state index >= 15 is 0 Å². The number of nitrogens with one attached hydrogen (secondary N) is 1. The van der Waals surface area contributed by atoms with Crippen molar-refractivity contribution in [2.24, 2.45) is 5.92 Å². The molecule has 3 heteroatoms. The summed E-state index contributed by atoms with van der Waals surface area (Å²) in [5.41, 5.74) is 1.38. The molecule has 2 heterocycles. The maximum Gasteiger partial charge on any atom is 0.0472 e. The summed E-state index contributed by atoms with van der Waals surface area (Å²) in [6.07, 6.45) is 1.08. The van der Waals surface area contributed by atoms with Crippen molar-refractivity contribution in [2.75, 3.05) is 13.2 Å². The number of aryl methyl sites for hydroxylation is 1. The number of rotatable bonds is 2. The van der Waals surface area contributed by atoms with Crippen molar-refractivity contribution in [3.8, 4) is 0 Å². The van der Waals surface area contributed by atoms with Gasteiger partial charge in [0.15, 0.2) is 0 Å². The Morgan fingerprint density at radius 1 is 1.69 bits per heavy atom. The lowest BCUT2D eigenvalue weighted by Crippen LogP contribution is -2.14. The van der Waals surface area contributed by atoms with Gasteiger partial charge >= 0.3 is 0 Å². The van der Waals surface area contributed by atoms with Crippen molar-refractivity contribution in [2.45, 2.75) is 19.4 Å². The summed E-state index contributed by atoms with van der Waals surface area (Å²) in [7, 11) is 0. The molecule has 72 valence electrons. The minimum Gasteiger partial charge on any atom is -0.396 e. The Bertz CT molecular complexity index is 284. The minimum atomic E-state index is 0.313. The van der Waals surface area contributed by atoms with Crippen LogP contribution in [0.1, 0.15) is 22.9 Å². The summed E-state index contributed by atoms with van der Waals surface area (Å²) in [6, 6.07) is 2.64. The average molecular weight is 197 g/mol. The first-order valence-corrected chi connectivity index (χ1v) is 5.57. The van der Waals surface area contributed by atoms with E-state index in [4.69, 9.17) is 5.11 Å². The maximum absolute atomic E-state index is 9.01. The third-order valence-corrected chi connectivity index (χ3v) is 3.83. The number of hydrogen-bond donors (Lipinski definition) is 2. The van der Waals surface area contributed by atoms with Crippen LogP contribution >= 0.6 is 11.3 Å². The molecule has 2 unspecified atom stereocenters. The molecular formula is C10H15NOS. The molecule has 0 saturated carbocycles. The van der Waals surface area contributed by atoms with Crippen molar-refractivity contribution in [1.29, 1.82) is 0 Å². The Morgan fingerprint density at radius 2 is 2.54 bits per heavy atom. The van der Waals surface area contributed by atoms with Gasteiger partial charge in [-0.3, -0.25) is 0 Å². The number of aliphatic hydroxyl groups excluding tert-OH is 1. The zero-order chi connectivity index (χ0) is 9.26. The Balaban J connectivity index is 2.08. The van der Waals surface area contributed by atoms with Gasteiger partial charge in [-0.25, -0.2) is 0 Å². The van der Waals surface area contributed by atoms with Gasteiger partial charge in [0, 0.05) is 24.1 Å². The van der Waals surface area contributed by atoms with Gasteiger partial charge in [0.1, 0.15) is 0 Å². The normalized spacial score (nSPS) is 28.2. The molecule has 0 aromatic carbocycles. The van der Waals surface area contributed by atoms with Gasteiger partial charge in [-0.2, -0.15) is 0 Å². The summed E-state index contributed by atoms with van der Waals surface area (Å²) < 4.78 is 0. The molecule has 1 aromatic heterocycles. The molecule has 0 aliphatic carbocycles. The second kappa shape index (κ2) is 3.78. The molecule has 0 spiro atoms. The van der Waals surface area contributed by atoms with E-state index < -0.39 is 0 Å². The summed E-state index contributed by atoms with van der Waals surface area (Å²) in [5, 5.41) is 14.6. The quantitative estimate of drug-likeness (QED) is 0.756. The topological polar surface area (TPSA) is 32.3 Å². The summed E-state index contributed by atoms with van der Waals surface area (Å²) in [4.78, 5) is 1.44. The highest BCUT2D eigenvalue weighted by atomic mass is 32.1. The maximum atomic E-state index is 9.01. The van der Waals surface area contributed by atoms with Crippen LogP contribution in [0.15, 0.2) is 11.4 Å². The van der Waals surface area contributed by atoms with Crippen LogP contribution in [-0.4, -0.2) is 18.3 Å². The summed E-state index contributed by atoms with van der Waals surface area (Å²) >= 11 is 1.82. The molecule has 0 radical (unpaired) electrons. The van der Waals surface area contributed by atoms with Gasteiger partial charge in [-0.05, 0) is 36.3 Å². The van der Waals surface area contributed by atoms with Crippen LogP contribution in [0.4, 0.5) is 0 Å². The van der Waals surface area contributed by atoms with Crippen LogP contribution in [0.25, 0.3) is 0 Å². The second-order valence-electron chi connectivity index (χ2n) is 3.71. The van der Waals surface area contributed by atoms with E-state index in [1.807, 2.05) is 11.3 Å². The monoisotopic (exact) mass is 197 g/mol. The van der Waals surface area contributed by atoms with Crippen LogP contribution in [-0.2, 0) is 0 Å². The SMILES string of the molecule is Cc1ccsc1C1CC(CO)CN1. The van der Waals surface area contributed by atoms with Crippen molar-refractivity contribution >= 4 is 11.3 Å². The second-order valence-corrected chi connectivity index (χ2v) is 4.66. The molecule has 1 aromatic rings. The molecule has 2 nitrogen and oxygen atoms in total. The first-order chi connectivity index (χ1) is 6.31. The molecule has 1 fully saturated rings. The van der Waals surface area contributed by atoms with E-state index in [1.54, 1.807) is 0 Å². The molecule has 2 atom stereocenters. The zero-order valence-corrected chi connectivity index (χ0v) is 8.60. The zero-order valence-electron chi connectivity index (χ0n) is 7.79. The van der Waals surface area contributed by atoms with E-state index in [0.29, 0.717) is 18.6 Å². The van der Waals surface area contributed by atoms with E-state index in [0.717, 1.165) is 13.0 Å². The number of thiophene rings is 1. The van der Waals surface area contributed by atoms with E-state index in [2.05, 4.69) is 23.7 Å². The van der Waals surface area contributed by atoms with E-state index in [-0.39, 0.29) is 0 Å². The highest BCUT2D eigenvalue weighted by Crippen LogP contribution is 2.32. The molecule has 1 aliphatic heterocycles. The van der Waals surface area contributed by atoms with Crippen molar-refractivity contribution in [3.05, 3.63) is 21.9 Å². The van der Waals surface area contributed by atoms with Gasteiger partial charge in [-0.1, -0.05) is 0 Å². The third kappa shape index (κ3) is 1.77. The molecule has 2 N–H and O–H groups in total. The van der Waals surface area contributed by atoms with Crippen LogP contribution in [0.2, 0.25) is 0 Å². The molecule has 0 bridgehead atoms. The molecule has 1 aliphatic rings. The van der Waals surface area contributed by atoms with E-state index in [9.17, 15) is 0 Å². The predicted octanol–water partition coefficient (Wildman–Crippen LogP) is 1.70. The first-order valence-electron chi connectivity index (χ1n) is 4.69. The fraction of sp³-hybridized carbons (Fsp3) is 0.600. The van der Waals surface area contributed by atoms with Crippen LogP contribution < -0.4 is 5.32 Å². The van der Waals surface area contributed by atoms with Crippen molar-refractivity contribution in [1.82, 2.24) is 5.32 Å². The van der Waals surface area contributed by atoms with Gasteiger partial charge < -0.3 is 10.4 Å². The summed E-state index contributed by atoms with van der Waals surface area (Å²) in [6.45, 7) is 3.42. The van der Waals surface area contributed by atoms with Gasteiger partial charge in [0.25, 0.3) is 0 Å². The number of aliphatic hydroxyl groups is 1. The predicted molar refractivity (Wildman–Crippen MR) is 55.0 cm³/mol. The van der Waals surface area contributed by atoms with Crippen LogP contribution in [0, 0.1) is 12.8 Å². The summed E-state index contributed by atoms with van der Waals surface area (Å²) in [5.74, 6) is 0.450. The minimum absolute atomic E-state index is 0.313. The molecule has 1 saturated heterocycles. The fourth-order valence-corrected chi connectivity index (χ4v) is 2.91. The standard InChI is InChI=1S/C10H15NOS/c1-7-2-3-13-10(7)9-4-8(6-12)5-11-9/h2-3,8-9,11-12H,4-6H2,1H3. The lowest BCUT2D eigenvalue weighted by atomic mass is 10.0. The molecule has 0 amide bonds. The van der Waals surface area contributed by atoms with Gasteiger partial charge in [0.2, 0.25) is 0 Å². The molecule has 2 rings (SSSR count). The smallest absolute Gasteiger partial charge is 0.0472 e. The molecular weight excluding hydrogens is 182 g/mol. The fourth-order valence-electron chi connectivity index (χ4n) is 1.89. The van der Waals surface area contributed by atoms with E-state index in [1.165, 1.54) is 10.4 Å². The Labute approximate surface area is 82.6 Å². The van der Waals surface area contributed by atoms with Crippen LogP contribution in [0.3, 0.4) is 0 Å². The van der Waals surface area contributed by atoms with Crippen LogP contribution in [0.5, 0.6) is 0 Å². The number of hydrogen-bond acceptors (Lipinski definition) is 3. The average Bonchev–Trinajstić information content (AvgIpc) is 2.71. The lowest BCUT2D eigenvalue weighted by Gasteiger charge is -2.08. The van der Waals surface area contributed by atoms with Gasteiger partial charge in [0.05, 0.1) is 0 Å². The largest absolute Gasteiger partial charge is 0.396 e. The Morgan fingerprint density at radius 3 is 3.08 bits per heavy atom. The highest BCUT2D eigenvalue weighted by Gasteiger charge is 2.26. The van der Waals surface area contributed by atoms with Crippen molar-refractivity contribution < 1.29 is 5.11 Å². The Kier molecular flexibility index (Phi) is 2.67. The first kappa shape index (κ1) is 9.19. The highest BCUT2D eigenvalue weighted by molar-refractivity contribution is 7.10.